The monoisotopic (exact) mass is 312 g/mol. The molecule has 0 aromatic heterocycles. The minimum atomic E-state index is 0. The number of halogens is 1. The molecule has 118 valence electrons. The summed E-state index contributed by atoms with van der Waals surface area (Å²) in [4.78, 5) is 14.3. The molecule has 0 radical (unpaired) electrons. The quantitative estimate of drug-likeness (QED) is 0.849. The van der Waals surface area contributed by atoms with Crippen LogP contribution in [0.1, 0.15) is 35.2 Å². The Morgan fingerprint density at radius 2 is 2.10 bits per heavy atom. The molecule has 21 heavy (non-hydrogen) atoms. The third-order valence-electron chi connectivity index (χ3n) is 3.70. The second-order valence-corrected chi connectivity index (χ2v) is 5.37. The minimum Gasteiger partial charge on any atom is -0.378 e. The van der Waals surface area contributed by atoms with Crippen LogP contribution in [0.2, 0.25) is 0 Å². The van der Waals surface area contributed by atoms with Crippen LogP contribution in [0.5, 0.6) is 0 Å². The zero-order chi connectivity index (χ0) is 14.4. The van der Waals surface area contributed by atoms with Crippen molar-refractivity contribution >= 4 is 18.3 Å². The highest BCUT2D eigenvalue weighted by molar-refractivity contribution is 5.94. The van der Waals surface area contributed by atoms with Gasteiger partial charge in [-0.05, 0) is 44.9 Å². The number of ether oxygens (including phenoxy) is 1. The van der Waals surface area contributed by atoms with Gasteiger partial charge in [0.05, 0.1) is 6.10 Å². The smallest absolute Gasteiger partial charge is 0.253 e. The average Bonchev–Trinajstić information content (AvgIpc) is 2.47. The van der Waals surface area contributed by atoms with Crippen molar-refractivity contribution in [1.82, 2.24) is 4.90 Å². The van der Waals surface area contributed by atoms with E-state index < -0.39 is 0 Å². The SMILES string of the molecule is Cc1cccc(C(=O)N2CCC(OCCCN)CC2)c1.Cl. The molecule has 0 atom stereocenters. The first kappa shape index (κ1) is 18.0. The number of benzene rings is 1. The molecular weight excluding hydrogens is 288 g/mol. The van der Waals surface area contributed by atoms with Crippen LogP contribution < -0.4 is 5.73 Å². The van der Waals surface area contributed by atoms with Crippen molar-refractivity contribution in [2.24, 2.45) is 5.73 Å². The largest absolute Gasteiger partial charge is 0.378 e. The Morgan fingerprint density at radius 1 is 1.38 bits per heavy atom. The average molecular weight is 313 g/mol. The number of carbonyl (C=O) groups excluding carboxylic acids is 1. The molecular formula is C16H25ClN2O2. The van der Waals surface area contributed by atoms with Gasteiger partial charge in [-0.25, -0.2) is 0 Å². The summed E-state index contributed by atoms with van der Waals surface area (Å²) in [6.07, 6.45) is 3.02. The number of nitrogens with zero attached hydrogens (tertiary/aromatic N) is 1. The van der Waals surface area contributed by atoms with Crippen molar-refractivity contribution < 1.29 is 9.53 Å². The van der Waals surface area contributed by atoms with Gasteiger partial charge in [-0.1, -0.05) is 17.7 Å². The number of likely N-dealkylation sites (tertiary alicyclic amines) is 1. The van der Waals surface area contributed by atoms with E-state index in [1.54, 1.807) is 0 Å². The lowest BCUT2D eigenvalue weighted by molar-refractivity contribution is 0.00844. The Labute approximate surface area is 133 Å². The van der Waals surface area contributed by atoms with Crippen molar-refractivity contribution in [3.63, 3.8) is 0 Å². The van der Waals surface area contributed by atoms with Crippen LogP contribution in [0.4, 0.5) is 0 Å². The summed E-state index contributed by atoms with van der Waals surface area (Å²) in [6.45, 7) is 4.96. The number of hydrogen-bond acceptors (Lipinski definition) is 3. The molecule has 1 fully saturated rings. The Hall–Kier alpha value is -1.10. The predicted octanol–water partition coefficient (Wildman–Crippen LogP) is 2.39. The van der Waals surface area contributed by atoms with E-state index in [-0.39, 0.29) is 24.4 Å². The molecule has 2 N–H and O–H groups in total. The molecule has 2 rings (SSSR count). The first-order valence-corrected chi connectivity index (χ1v) is 7.38. The van der Waals surface area contributed by atoms with E-state index in [1.807, 2.05) is 36.1 Å². The first-order valence-electron chi connectivity index (χ1n) is 7.38. The number of nitrogens with two attached hydrogens (primary N) is 1. The highest BCUT2D eigenvalue weighted by Gasteiger charge is 2.23. The number of carbonyl (C=O) groups is 1. The van der Waals surface area contributed by atoms with Crippen LogP contribution in [0.15, 0.2) is 24.3 Å². The van der Waals surface area contributed by atoms with Crippen molar-refractivity contribution in [3.8, 4) is 0 Å². The number of rotatable bonds is 5. The van der Waals surface area contributed by atoms with Gasteiger partial charge in [-0.15, -0.1) is 12.4 Å². The molecule has 0 saturated carbocycles. The van der Waals surface area contributed by atoms with E-state index in [2.05, 4.69) is 0 Å². The molecule has 1 amide bonds. The summed E-state index contributed by atoms with van der Waals surface area (Å²) >= 11 is 0. The van der Waals surface area contributed by atoms with Crippen molar-refractivity contribution in [2.75, 3.05) is 26.2 Å². The fourth-order valence-corrected chi connectivity index (χ4v) is 2.52. The number of amides is 1. The Bertz CT molecular complexity index is 446. The highest BCUT2D eigenvalue weighted by Crippen LogP contribution is 2.17. The summed E-state index contributed by atoms with van der Waals surface area (Å²) in [6, 6.07) is 7.78. The lowest BCUT2D eigenvalue weighted by Gasteiger charge is -2.32. The van der Waals surface area contributed by atoms with Crippen LogP contribution in [0.25, 0.3) is 0 Å². The standard InChI is InChI=1S/C16H24N2O2.ClH/c1-13-4-2-5-14(12-13)16(19)18-9-6-15(7-10-18)20-11-3-8-17;/h2,4-5,12,15H,3,6-11,17H2,1H3;1H. The van der Waals surface area contributed by atoms with Crippen molar-refractivity contribution in [2.45, 2.75) is 32.3 Å². The normalized spacial score (nSPS) is 15.6. The van der Waals surface area contributed by atoms with E-state index >= 15 is 0 Å². The van der Waals surface area contributed by atoms with E-state index in [4.69, 9.17) is 10.5 Å². The maximum absolute atomic E-state index is 12.4. The van der Waals surface area contributed by atoms with Crippen molar-refractivity contribution in [3.05, 3.63) is 35.4 Å². The molecule has 4 nitrogen and oxygen atoms in total. The number of piperidine rings is 1. The Morgan fingerprint density at radius 3 is 2.71 bits per heavy atom. The van der Waals surface area contributed by atoms with E-state index in [9.17, 15) is 4.79 Å². The first-order chi connectivity index (χ1) is 9.70. The molecule has 0 aliphatic carbocycles. The van der Waals surface area contributed by atoms with Gasteiger partial charge in [0, 0.05) is 25.3 Å². The molecule has 0 spiro atoms. The van der Waals surface area contributed by atoms with Gasteiger partial charge in [-0.2, -0.15) is 0 Å². The van der Waals surface area contributed by atoms with Gasteiger partial charge in [0.1, 0.15) is 0 Å². The van der Waals surface area contributed by atoms with Crippen LogP contribution in [-0.2, 0) is 4.74 Å². The minimum absolute atomic E-state index is 0. The number of hydrogen-bond donors (Lipinski definition) is 1. The predicted molar refractivity (Wildman–Crippen MR) is 87.0 cm³/mol. The van der Waals surface area contributed by atoms with Gasteiger partial charge in [0.25, 0.3) is 5.91 Å². The molecule has 1 aromatic rings. The molecule has 5 heteroatoms. The van der Waals surface area contributed by atoms with E-state index in [0.717, 1.165) is 50.1 Å². The maximum Gasteiger partial charge on any atom is 0.253 e. The van der Waals surface area contributed by atoms with Crippen molar-refractivity contribution in [1.29, 1.82) is 0 Å². The summed E-state index contributed by atoms with van der Waals surface area (Å²) in [7, 11) is 0. The third-order valence-corrected chi connectivity index (χ3v) is 3.70. The van der Waals surface area contributed by atoms with E-state index in [0.29, 0.717) is 6.54 Å². The molecule has 1 saturated heterocycles. The Balaban J connectivity index is 0.00000220. The molecule has 1 aliphatic heterocycles. The Kier molecular flexibility index (Phi) is 7.72. The molecule has 1 aliphatic rings. The van der Waals surface area contributed by atoms with Gasteiger partial charge in [0.2, 0.25) is 0 Å². The summed E-state index contributed by atoms with van der Waals surface area (Å²) < 4.78 is 5.76. The fourth-order valence-electron chi connectivity index (χ4n) is 2.52. The second kappa shape index (κ2) is 9.03. The molecule has 0 unspecified atom stereocenters. The number of aryl methyl sites for hydroxylation is 1. The zero-order valence-corrected chi connectivity index (χ0v) is 13.4. The van der Waals surface area contributed by atoms with Gasteiger partial charge < -0.3 is 15.4 Å². The summed E-state index contributed by atoms with van der Waals surface area (Å²) in [5, 5.41) is 0. The zero-order valence-electron chi connectivity index (χ0n) is 12.6. The highest BCUT2D eigenvalue weighted by atomic mass is 35.5. The topological polar surface area (TPSA) is 55.6 Å². The lowest BCUT2D eigenvalue weighted by atomic mass is 10.1. The van der Waals surface area contributed by atoms with Gasteiger partial charge >= 0.3 is 0 Å². The maximum atomic E-state index is 12.4. The van der Waals surface area contributed by atoms with Gasteiger partial charge in [-0.3, -0.25) is 4.79 Å². The third kappa shape index (κ3) is 5.30. The summed E-state index contributed by atoms with van der Waals surface area (Å²) in [5.41, 5.74) is 7.36. The lowest BCUT2D eigenvalue weighted by Crippen LogP contribution is -2.41. The fraction of sp³-hybridized carbons (Fsp3) is 0.562. The second-order valence-electron chi connectivity index (χ2n) is 5.37. The van der Waals surface area contributed by atoms with Crippen LogP contribution in [-0.4, -0.2) is 43.2 Å². The van der Waals surface area contributed by atoms with Crippen LogP contribution in [0, 0.1) is 6.92 Å². The summed E-state index contributed by atoms with van der Waals surface area (Å²) in [5.74, 6) is 0.133. The van der Waals surface area contributed by atoms with E-state index in [1.165, 1.54) is 0 Å². The molecule has 1 heterocycles. The molecule has 0 bridgehead atoms. The van der Waals surface area contributed by atoms with Gasteiger partial charge in [0.15, 0.2) is 0 Å². The van der Waals surface area contributed by atoms with Crippen LogP contribution in [0.3, 0.4) is 0 Å². The van der Waals surface area contributed by atoms with Crippen LogP contribution >= 0.6 is 12.4 Å². The molecule has 1 aromatic carbocycles.